The third-order valence-electron chi connectivity index (χ3n) is 5.94. The van der Waals surface area contributed by atoms with Gasteiger partial charge in [0.05, 0.1) is 24.5 Å². The number of likely N-dealkylation sites (tertiary alicyclic amines) is 1. The predicted molar refractivity (Wildman–Crippen MR) is 110 cm³/mol. The van der Waals surface area contributed by atoms with Crippen molar-refractivity contribution in [3.63, 3.8) is 0 Å². The molecule has 0 saturated carbocycles. The molecule has 0 atom stereocenters. The van der Waals surface area contributed by atoms with Gasteiger partial charge in [-0.15, -0.1) is 0 Å². The molecule has 0 aliphatic carbocycles. The zero-order valence-electron chi connectivity index (χ0n) is 17.0. The maximum absolute atomic E-state index is 13.0. The fourth-order valence-corrected chi connectivity index (χ4v) is 5.98. The van der Waals surface area contributed by atoms with Crippen molar-refractivity contribution in [3.8, 4) is 0 Å². The number of hydrogen-bond acceptors (Lipinski definition) is 3. The second-order valence-corrected chi connectivity index (χ2v) is 10.0. The molecule has 2 aliphatic rings. The molecule has 0 aromatic heterocycles. The van der Waals surface area contributed by atoms with Crippen molar-refractivity contribution in [1.82, 2.24) is 9.62 Å². The van der Waals surface area contributed by atoms with Gasteiger partial charge in [-0.1, -0.05) is 12.5 Å². The highest BCUT2D eigenvalue weighted by molar-refractivity contribution is 7.89. The summed E-state index contributed by atoms with van der Waals surface area (Å²) in [6.07, 6.45) is 7.78. The first-order valence-corrected chi connectivity index (χ1v) is 12.1. The van der Waals surface area contributed by atoms with E-state index in [2.05, 4.69) is 5.32 Å². The van der Waals surface area contributed by atoms with E-state index in [0.29, 0.717) is 30.8 Å². The van der Waals surface area contributed by atoms with E-state index in [1.165, 1.54) is 32.4 Å². The largest absolute Gasteiger partial charge is 0.352 e. The number of carbonyl (C=O) groups is 1. The maximum Gasteiger partial charge on any atom is 0.251 e. The molecule has 2 saturated heterocycles. The molecule has 156 valence electrons. The smallest absolute Gasteiger partial charge is 0.251 e. The number of nitrogens with one attached hydrogen (secondary N) is 2. The van der Waals surface area contributed by atoms with E-state index < -0.39 is 10.0 Å². The zero-order chi connectivity index (χ0) is 20.0. The lowest BCUT2D eigenvalue weighted by Crippen LogP contribution is -3.12. The number of sulfonamides is 1. The average molecular weight is 409 g/mol. The first-order chi connectivity index (χ1) is 13.5. The SMILES string of the molecule is Cc1ccc(C(=O)NCCC[NH+]2CCCCC2)cc1S(=O)(=O)N1CCCCC1. The van der Waals surface area contributed by atoms with Crippen LogP contribution in [-0.4, -0.2) is 57.9 Å². The third-order valence-corrected chi connectivity index (χ3v) is 7.98. The van der Waals surface area contributed by atoms with Gasteiger partial charge in [0.2, 0.25) is 10.0 Å². The summed E-state index contributed by atoms with van der Waals surface area (Å²) in [7, 11) is -3.54. The second-order valence-electron chi connectivity index (χ2n) is 8.12. The van der Waals surface area contributed by atoms with Crippen LogP contribution >= 0.6 is 0 Å². The maximum atomic E-state index is 13.0. The van der Waals surface area contributed by atoms with Crippen LogP contribution < -0.4 is 10.2 Å². The van der Waals surface area contributed by atoms with E-state index in [0.717, 1.165) is 32.2 Å². The molecule has 3 rings (SSSR count). The summed E-state index contributed by atoms with van der Waals surface area (Å²) in [4.78, 5) is 14.4. The third kappa shape index (κ3) is 5.33. The van der Waals surface area contributed by atoms with E-state index >= 15 is 0 Å². The second kappa shape index (κ2) is 9.85. The number of rotatable bonds is 7. The van der Waals surface area contributed by atoms with Crippen molar-refractivity contribution >= 4 is 15.9 Å². The summed E-state index contributed by atoms with van der Waals surface area (Å²) in [6, 6.07) is 5.00. The lowest BCUT2D eigenvalue weighted by Gasteiger charge is -2.26. The fourth-order valence-electron chi connectivity index (χ4n) is 4.21. The number of hydrogen-bond donors (Lipinski definition) is 2. The normalized spacial score (nSPS) is 19.5. The summed E-state index contributed by atoms with van der Waals surface area (Å²) < 4.78 is 27.6. The van der Waals surface area contributed by atoms with E-state index in [1.54, 1.807) is 34.3 Å². The standard InChI is InChI=1S/C21H33N3O3S/c1-18-9-10-19(17-20(18)28(26,27)24-15-6-3-7-16-24)21(25)22-11-8-14-23-12-4-2-5-13-23/h9-10,17H,2-8,11-16H2,1H3,(H,22,25)/p+1. The Labute approximate surface area is 169 Å². The van der Waals surface area contributed by atoms with Crippen molar-refractivity contribution in [3.05, 3.63) is 29.3 Å². The molecular formula is C21H34N3O3S+. The van der Waals surface area contributed by atoms with Gasteiger partial charge in [0.25, 0.3) is 5.91 Å². The van der Waals surface area contributed by atoms with Crippen molar-refractivity contribution < 1.29 is 18.1 Å². The van der Waals surface area contributed by atoms with Crippen molar-refractivity contribution in [2.24, 2.45) is 0 Å². The molecule has 28 heavy (non-hydrogen) atoms. The van der Waals surface area contributed by atoms with Gasteiger partial charge in [-0.3, -0.25) is 4.79 Å². The summed E-state index contributed by atoms with van der Waals surface area (Å²) in [5.74, 6) is -0.191. The van der Waals surface area contributed by atoms with Crippen molar-refractivity contribution in [1.29, 1.82) is 0 Å². The Hall–Kier alpha value is -1.44. The van der Waals surface area contributed by atoms with E-state index in [4.69, 9.17) is 0 Å². The van der Waals surface area contributed by atoms with Crippen molar-refractivity contribution in [2.75, 3.05) is 39.3 Å². The van der Waals surface area contributed by atoms with E-state index in [-0.39, 0.29) is 10.8 Å². The van der Waals surface area contributed by atoms with Gasteiger partial charge in [-0.2, -0.15) is 4.31 Å². The molecule has 2 aliphatic heterocycles. The van der Waals surface area contributed by atoms with Crippen LogP contribution in [0.5, 0.6) is 0 Å². The van der Waals surface area contributed by atoms with Gasteiger partial charge in [0.15, 0.2) is 0 Å². The van der Waals surface area contributed by atoms with Crippen LogP contribution in [0.2, 0.25) is 0 Å². The van der Waals surface area contributed by atoms with E-state index in [1.807, 2.05) is 0 Å². The molecule has 0 bridgehead atoms. The minimum Gasteiger partial charge on any atom is -0.352 e. The fraction of sp³-hybridized carbons (Fsp3) is 0.667. The topological polar surface area (TPSA) is 70.9 Å². The molecule has 1 aromatic rings. The Kier molecular flexibility index (Phi) is 7.48. The number of amides is 1. The number of benzene rings is 1. The molecule has 7 heteroatoms. The van der Waals surface area contributed by atoms with Crippen LogP contribution in [0.25, 0.3) is 0 Å². The number of aryl methyl sites for hydroxylation is 1. The molecule has 1 amide bonds. The quantitative estimate of drug-likeness (QED) is 0.669. The highest BCUT2D eigenvalue weighted by Gasteiger charge is 2.28. The Bertz CT molecular complexity index is 767. The first kappa shape index (κ1) is 21.3. The van der Waals surface area contributed by atoms with Gasteiger partial charge in [0, 0.05) is 31.6 Å². The summed E-state index contributed by atoms with van der Waals surface area (Å²) in [5, 5.41) is 2.96. The van der Waals surface area contributed by atoms with Crippen LogP contribution in [0.15, 0.2) is 23.1 Å². The molecule has 0 spiro atoms. The van der Waals surface area contributed by atoms with Crippen LogP contribution in [-0.2, 0) is 10.0 Å². The van der Waals surface area contributed by atoms with E-state index in [9.17, 15) is 13.2 Å². The predicted octanol–water partition coefficient (Wildman–Crippen LogP) is 1.36. The number of quaternary nitrogens is 1. The number of nitrogens with zero attached hydrogens (tertiary/aromatic N) is 1. The van der Waals surface area contributed by atoms with Gasteiger partial charge in [-0.25, -0.2) is 8.42 Å². The van der Waals surface area contributed by atoms with Crippen molar-refractivity contribution in [2.45, 2.75) is 56.8 Å². The zero-order valence-corrected chi connectivity index (χ0v) is 17.8. The monoisotopic (exact) mass is 408 g/mol. The summed E-state index contributed by atoms with van der Waals surface area (Å²) in [6.45, 7) is 7.12. The molecule has 2 heterocycles. The first-order valence-electron chi connectivity index (χ1n) is 10.7. The molecule has 0 radical (unpaired) electrons. The van der Waals surface area contributed by atoms with Gasteiger partial charge in [-0.05, 0) is 56.7 Å². The van der Waals surface area contributed by atoms with Gasteiger partial charge in [0.1, 0.15) is 0 Å². The minimum atomic E-state index is -3.54. The summed E-state index contributed by atoms with van der Waals surface area (Å²) in [5.41, 5.74) is 1.11. The van der Waals surface area contributed by atoms with Crippen LogP contribution in [0.3, 0.4) is 0 Å². The number of carbonyl (C=O) groups excluding carboxylic acids is 1. The number of piperidine rings is 2. The molecule has 1 aromatic carbocycles. The van der Waals surface area contributed by atoms with Crippen LogP contribution in [0.4, 0.5) is 0 Å². The molecule has 6 nitrogen and oxygen atoms in total. The summed E-state index contributed by atoms with van der Waals surface area (Å²) >= 11 is 0. The molecule has 0 unspecified atom stereocenters. The Morgan fingerprint density at radius 1 is 1.07 bits per heavy atom. The highest BCUT2D eigenvalue weighted by atomic mass is 32.2. The molecular weight excluding hydrogens is 374 g/mol. The van der Waals surface area contributed by atoms with Crippen LogP contribution in [0, 0.1) is 6.92 Å². The lowest BCUT2D eigenvalue weighted by molar-refractivity contribution is -0.904. The lowest BCUT2D eigenvalue weighted by atomic mass is 10.1. The van der Waals surface area contributed by atoms with Gasteiger partial charge < -0.3 is 10.2 Å². The highest BCUT2D eigenvalue weighted by Crippen LogP contribution is 2.24. The Balaban J connectivity index is 1.59. The Morgan fingerprint density at radius 3 is 2.46 bits per heavy atom. The van der Waals surface area contributed by atoms with Gasteiger partial charge >= 0.3 is 0 Å². The molecule has 2 N–H and O–H groups in total. The average Bonchev–Trinajstić information content (AvgIpc) is 2.72. The Morgan fingerprint density at radius 2 is 1.75 bits per heavy atom. The minimum absolute atomic E-state index is 0.191. The molecule has 2 fully saturated rings. The van der Waals surface area contributed by atoms with Crippen LogP contribution in [0.1, 0.15) is 60.9 Å².